The molecule has 0 spiro atoms. The van der Waals surface area contributed by atoms with Crippen LogP contribution in [0.2, 0.25) is 0 Å². The van der Waals surface area contributed by atoms with Gasteiger partial charge >= 0.3 is 5.97 Å². The van der Waals surface area contributed by atoms with E-state index >= 15 is 0 Å². The summed E-state index contributed by atoms with van der Waals surface area (Å²) in [5.41, 5.74) is 4.37. The second-order valence-corrected chi connectivity index (χ2v) is 19.3. The maximum atomic E-state index is 14.7. The first kappa shape index (κ1) is 48.8. The highest BCUT2D eigenvalue weighted by molar-refractivity contribution is 5.97. The highest BCUT2D eigenvalue weighted by atomic mass is 16.6. The van der Waals surface area contributed by atoms with Crippen molar-refractivity contribution < 1.29 is 48.8 Å². The molecule has 5 heterocycles. The first-order valence-corrected chi connectivity index (χ1v) is 22.8. The molecule has 0 aliphatic carbocycles. The summed E-state index contributed by atoms with van der Waals surface area (Å²) in [4.78, 5) is 76.5. The molecule has 2 aromatic heterocycles. The molecule has 67 heavy (non-hydrogen) atoms. The molecule has 17 nitrogen and oxygen atoms in total. The Morgan fingerprint density at radius 2 is 1.85 bits per heavy atom. The third-order valence-electron chi connectivity index (χ3n) is 13.2. The minimum absolute atomic E-state index is 0.0493. The Labute approximate surface area is 390 Å². The molecule has 4 atom stereocenters. The molecule has 358 valence electrons. The number of ether oxygens (including phenoxy) is 2. The van der Waals surface area contributed by atoms with E-state index in [0.29, 0.717) is 30.7 Å². The van der Waals surface area contributed by atoms with Crippen LogP contribution in [0, 0.1) is 11.3 Å². The van der Waals surface area contributed by atoms with Crippen molar-refractivity contribution in [3.05, 3.63) is 84.2 Å². The lowest BCUT2D eigenvalue weighted by molar-refractivity contribution is -0.189. The van der Waals surface area contributed by atoms with Gasteiger partial charge in [-0.2, -0.15) is 5.43 Å². The van der Waals surface area contributed by atoms with Gasteiger partial charge in [0.1, 0.15) is 17.8 Å². The van der Waals surface area contributed by atoms with Crippen molar-refractivity contribution in [1.29, 1.82) is 0 Å². The third kappa shape index (κ3) is 9.82. The van der Waals surface area contributed by atoms with Gasteiger partial charge in [0.15, 0.2) is 5.60 Å². The number of amides is 4. The lowest BCUT2D eigenvalue weighted by Gasteiger charge is -2.40. The van der Waals surface area contributed by atoms with E-state index in [9.17, 15) is 39.3 Å². The van der Waals surface area contributed by atoms with Gasteiger partial charge in [0.2, 0.25) is 17.5 Å². The first-order valence-electron chi connectivity index (χ1n) is 22.8. The molecule has 6 bridgehead atoms. The molecule has 17 heteroatoms. The van der Waals surface area contributed by atoms with Gasteiger partial charge in [-0.25, -0.2) is 4.79 Å². The van der Waals surface area contributed by atoms with E-state index in [0.717, 1.165) is 54.8 Å². The van der Waals surface area contributed by atoms with E-state index in [2.05, 4.69) is 39.9 Å². The number of cyclic esters (lactones) is 1. The molecule has 3 aliphatic heterocycles. The number of likely N-dealkylation sites (N-methyl/N-ethyl adjacent to an activating group) is 1. The van der Waals surface area contributed by atoms with Crippen LogP contribution in [0.4, 0.5) is 0 Å². The Balaban J connectivity index is 1.32. The molecule has 3 aliphatic rings. The average Bonchev–Trinajstić information content (AvgIpc) is 3.84. The molecular formula is C50H63N7O10. The zero-order valence-corrected chi connectivity index (χ0v) is 39.4. The number of aliphatic hydroxyl groups is 2. The summed E-state index contributed by atoms with van der Waals surface area (Å²) in [7, 11) is 3.04. The zero-order chi connectivity index (χ0) is 48.6. The van der Waals surface area contributed by atoms with Gasteiger partial charge in [0.05, 0.1) is 25.5 Å². The number of phenolic OH excluding ortho intramolecular Hbond substituents is 1. The third-order valence-corrected chi connectivity index (χ3v) is 13.2. The Hall–Kier alpha value is -6.14. The molecule has 2 saturated heterocycles. The van der Waals surface area contributed by atoms with Gasteiger partial charge in [-0.05, 0) is 89.9 Å². The fourth-order valence-electron chi connectivity index (χ4n) is 9.89. The van der Waals surface area contributed by atoms with Crippen molar-refractivity contribution in [3.8, 4) is 28.1 Å². The lowest BCUT2D eigenvalue weighted by Crippen LogP contribution is -2.67. The van der Waals surface area contributed by atoms with Crippen LogP contribution in [0.1, 0.15) is 70.6 Å². The van der Waals surface area contributed by atoms with E-state index in [1.54, 1.807) is 33.2 Å². The summed E-state index contributed by atoms with van der Waals surface area (Å²) >= 11 is 0. The number of likely N-dealkylation sites (tertiary alicyclic amines) is 1. The molecule has 4 amide bonds. The van der Waals surface area contributed by atoms with Gasteiger partial charge in [-0.1, -0.05) is 46.4 Å². The number of rotatable bonds is 10. The van der Waals surface area contributed by atoms with Gasteiger partial charge in [0, 0.05) is 87.3 Å². The standard InChI is InChI=1S/C50H63N7O10/c1-9-41(59)55-19-16-49(64,28-55)46(62)54(7)42(30(3)4)44(60)52-39-22-31-20-34(23-35(58)21-31)32-12-13-40-36(24-32)37(43(56(40)10-2)38-26-51-17-14-33(38)27-66-8)25-48(5,6)29-67-47(63)50(65)15-11-18-57(53-50)45(39)61/h9,12-14,17,20-21,23-24,26,30,39,42,53,58,64-65H,1,10-11,15-16,18-19,22,25,27-29H2,2-8H3,(H,52,60)/t39-,42-,49?,50-/m0/s1. The minimum atomic E-state index is -2.30. The van der Waals surface area contributed by atoms with E-state index < -0.39 is 64.3 Å². The van der Waals surface area contributed by atoms with E-state index in [4.69, 9.17) is 9.47 Å². The summed E-state index contributed by atoms with van der Waals surface area (Å²) in [5.74, 6) is -4.18. The van der Waals surface area contributed by atoms with Gasteiger partial charge in [-0.15, -0.1) is 0 Å². The number of carbonyl (C=O) groups is 5. The predicted octanol–water partition coefficient (Wildman–Crippen LogP) is 3.84. The number of aryl methyl sites for hydroxylation is 1. The van der Waals surface area contributed by atoms with E-state index in [-0.39, 0.29) is 57.7 Å². The largest absolute Gasteiger partial charge is 0.508 e. The predicted molar refractivity (Wildman–Crippen MR) is 250 cm³/mol. The number of phenols is 1. The van der Waals surface area contributed by atoms with Crippen molar-refractivity contribution in [3.63, 3.8) is 0 Å². The van der Waals surface area contributed by atoms with Crippen molar-refractivity contribution in [2.24, 2.45) is 11.3 Å². The number of carbonyl (C=O) groups excluding carboxylic acids is 5. The molecule has 0 radical (unpaired) electrons. The molecule has 2 aromatic carbocycles. The minimum Gasteiger partial charge on any atom is -0.508 e. The number of hydrogen-bond acceptors (Lipinski definition) is 12. The quantitative estimate of drug-likeness (QED) is 0.113. The molecule has 5 N–H and O–H groups in total. The number of benzene rings is 2. The molecular weight excluding hydrogens is 859 g/mol. The number of aromatic nitrogens is 2. The SMILES string of the molecule is C=CC(=O)N1CCC(O)(C(=O)N(C)[C@H](C(=O)N[C@H]2Cc3cc(O)cc(c3)-c3ccc4c(c3)c(c(-c3cnccc3COC)n4CC)CC(C)(C)COC(=O)[C@@]3(O)CCCN(N3)C2=O)C(C)C)C1. The van der Waals surface area contributed by atoms with Crippen LogP contribution in [0.15, 0.2) is 67.5 Å². The van der Waals surface area contributed by atoms with E-state index in [1.807, 2.05) is 44.3 Å². The number of hydrogen-bond donors (Lipinski definition) is 5. The highest BCUT2D eigenvalue weighted by Gasteiger charge is 2.49. The summed E-state index contributed by atoms with van der Waals surface area (Å²) in [6.45, 7) is 13.7. The number of pyridine rings is 1. The van der Waals surface area contributed by atoms with Crippen LogP contribution in [-0.2, 0) is 59.4 Å². The number of esters is 1. The molecule has 7 rings (SSSR count). The fraction of sp³-hybridized carbons (Fsp3) is 0.480. The number of methoxy groups -OCH3 is 1. The molecule has 1 unspecified atom stereocenters. The van der Waals surface area contributed by atoms with Crippen molar-refractivity contribution >= 4 is 40.5 Å². The summed E-state index contributed by atoms with van der Waals surface area (Å²) in [6.07, 6.45) is 5.05. The second-order valence-electron chi connectivity index (χ2n) is 19.3. The summed E-state index contributed by atoms with van der Waals surface area (Å²) < 4.78 is 13.8. The zero-order valence-electron chi connectivity index (χ0n) is 39.4. The van der Waals surface area contributed by atoms with Gasteiger partial charge in [-0.3, -0.25) is 29.2 Å². The smallest absolute Gasteiger partial charge is 0.355 e. The second kappa shape index (κ2) is 19.2. The number of nitrogens with one attached hydrogen (secondary N) is 2. The first-order chi connectivity index (χ1) is 31.7. The highest BCUT2D eigenvalue weighted by Crippen LogP contribution is 2.41. The van der Waals surface area contributed by atoms with Crippen LogP contribution in [0.5, 0.6) is 5.75 Å². The van der Waals surface area contributed by atoms with Crippen LogP contribution in [0.25, 0.3) is 33.3 Å². The maximum Gasteiger partial charge on any atom is 0.355 e. The van der Waals surface area contributed by atoms with Crippen molar-refractivity contribution in [1.82, 2.24) is 35.1 Å². The maximum absolute atomic E-state index is 14.7. The topological polar surface area (TPSA) is 216 Å². The number of fused-ring (bicyclic) bond motifs is 6. The van der Waals surface area contributed by atoms with Crippen LogP contribution in [0.3, 0.4) is 0 Å². The Kier molecular flexibility index (Phi) is 14.0. The summed E-state index contributed by atoms with van der Waals surface area (Å²) in [6, 6.07) is 10.4. The Bertz CT molecular complexity index is 2590. The summed E-state index contributed by atoms with van der Waals surface area (Å²) in [5, 5.41) is 39.5. The normalized spacial score (nSPS) is 22.6. The molecule has 0 saturated carbocycles. The van der Waals surface area contributed by atoms with Gasteiger partial charge in [0.25, 0.3) is 11.8 Å². The number of nitrogens with zero attached hydrogens (tertiary/aromatic N) is 5. The molecule has 4 aromatic rings. The number of hydrazine groups is 1. The number of β-amino-alcohol motifs (C(OH)–C–C–N with tert-alkyl or cyclic N) is 1. The average molecular weight is 922 g/mol. The van der Waals surface area contributed by atoms with Crippen LogP contribution in [-0.4, -0.2) is 133 Å². The monoisotopic (exact) mass is 921 g/mol. The fourth-order valence-corrected chi connectivity index (χ4v) is 9.89. The van der Waals surface area contributed by atoms with E-state index in [1.165, 1.54) is 18.0 Å². The van der Waals surface area contributed by atoms with Crippen LogP contribution >= 0.6 is 0 Å². The van der Waals surface area contributed by atoms with Crippen molar-refractivity contribution in [2.45, 2.75) is 103 Å². The molecule has 2 fully saturated rings. The lowest BCUT2D eigenvalue weighted by atomic mass is 9.84. The number of aromatic hydroxyl groups is 1. The van der Waals surface area contributed by atoms with Crippen LogP contribution < -0.4 is 10.7 Å². The Morgan fingerprint density at radius 1 is 1.09 bits per heavy atom. The van der Waals surface area contributed by atoms with Crippen molar-refractivity contribution in [2.75, 3.05) is 40.4 Å². The Morgan fingerprint density at radius 3 is 2.55 bits per heavy atom. The van der Waals surface area contributed by atoms with Gasteiger partial charge < -0.3 is 44.5 Å².